The fourth-order valence-electron chi connectivity index (χ4n) is 4.25. The van der Waals surface area contributed by atoms with Crippen molar-refractivity contribution in [2.24, 2.45) is 7.05 Å². The van der Waals surface area contributed by atoms with Crippen LogP contribution >= 0.6 is 0 Å². The maximum Gasteiger partial charge on any atom is 0.416 e. The number of nitrogens with one attached hydrogen (secondary N) is 3. The van der Waals surface area contributed by atoms with Gasteiger partial charge in [-0.25, -0.2) is 9.97 Å². The highest BCUT2D eigenvalue weighted by Crippen LogP contribution is 2.34. The van der Waals surface area contributed by atoms with Crippen molar-refractivity contribution in [2.45, 2.75) is 38.4 Å². The van der Waals surface area contributed by atoms with E-state index in [9.17, 15) is 22.8 Å². The highest BCUT2D eigenvalue weighted by atomic mass is 19.4. The third kappa shape index (κ3) is 4.74. The monoisotopic (exact) mass is 474 g/mol. The molecule has 34 heavy (non-hydrogen) atoms. The van der Waals surface area contributed by atoms with Crippen molar-refractivity contribution >= 4 is 28.4 Å². The van der Waals surface area contributed by atoms with E-state index < -0.39 is 23.7 Å². The van der Waals surface area contributed by atoms with Gasteiger partial charge < -0.3 is 16.0 Å². The zero-order valence-corrected chi connectivity index (χ0v) is 19.0. The van der Waals surface area contributed by atoms with Crippen LogP contribution in [0.5, 0.6) is 0 Å². The van der Waals surface area contributed by atoms with E-state index in [1.165, 1.54) is 23.9 Å². The second-order valence-electron chi connectivity index (χ2n) is 8.50. The van der Waals surface area contributed by atoms with Gasteiger partial charge >= 0.3 is 6.18 Å². The quantitative estimate of drug-likeness (QED) is 0.523. The van der Waals surface area contributed by atoms with Crippen LogP contribution in [0.3, 0.4) is 0 Å². The summed E-state index contributed by atoms with van der Waals surface area (Å²) in [7, 11) is 1.64. The van der Waals surface area contributed by atoms with Gasteiger partial charge in [-0.05, 0) is 49.7 Å². The van der Waals surface area contributed by atoms with E-state index in [0.717, 1.165) is 25.1 Å². The molecule has 1 fully saturated rings. The van der Waals surface area contributed by atoms with E-state index in [1.807, 2.05) is 0 Å². The lowest BCUT2D eigenvalue weighted by Gasteiger charge is -2.20. The van der Waals surface area contributed by atoms with Gasteiger partial charge in [-0.3, -0.25) is 14.2 Å². The van der Waals surface area contributed by atoms with Crippen LogP contribution in [-0.4, -0.2) is 33.5 Å². The first-order valence-electron chi connectivity index (χ1n) is 10.9. The highest BCUT2D eigenvalue weighted by Gasteiger charge is 2.32. The average molecular weight is 474 g/mol. The average Bonchev–Trinajstić information content (AvgIpc) is 3.30. The lowest BCUT2D eigenvalue weighted by molar-refractivity contribution is -0.137. The minimum Gasteiger partial charge on any atom is -0.363 e. The SMILES string of the molecule is CC(=O)Nc1cc([C@@H](C)Nc2ncnc3c2cc(C2CCNC2)c(=O)n3C)cc(C(F)(F)F)c1. The van der Waals surface area contributed by atoms with Gasteiger partial charge in [-0.15, -0.1) is 0 Å². The molecule has 8 nitrogen and oxygen atoms in total. The number of halogens is 3. The lowest BCUT2D eigenvalue weighted by atomic mass is 9.98. The van der Waals surface area contributed by atoms with Gasteiger partial charge in [0, 0.05) is 37.7 Å². The first-order valence-corrected chi connectivity index (χ1v) is 10.9. The molecule has 0 radical (unpaired) electrons. The standard InChI is InChI=1S/C23H25F3N6O2/c1-12(15-6-16(23(24,25)26)8-17(7-15)31-13(2)33)30-20-19-9-18(14-4-5-27-10-14)22(34)32(3)21(19)29-11-28-20/h6-9,11-12,14,27H,4-5,10H2,1-3H3,(H,31,33)(H,28,29,30)/t12-,14?/m1/s1. The van der Waals surface area contributed by atoms with Crippen molar-refractivity contribution in [3.05, 3.63) is 57.6 Å². The number of fused-ring (bicyclic) bond motifs is 1. The number of rotatable bonds is 5. The first kappa shape index (κ1) is 23.7. The topological polar surface area (TPSA) is 101 Å². The first-order chi connectivity index (χ1) is 16.0. The summed E-state index contributed by atoms with van der Waals surface area (Å²) in [5.74, 6) is -0.00131. The van der Waals surface area contributed by atoms with Crippen molar-refractivity contribution in [1.82, 2.24) is 19.9 Å². The van der Waals surface area contributed by atoms with Gasteiger partial charge in [0.25, 0.3) is 5.56 Å². The predicted octanol–water partition coefficient (Wildman–Crippen LogP) is 3.56. The summed E-state index contributed by atoms with van der Waals surface area (Å²) in [6.07, 6.45) is -2.43. The van der Waals surface area contributed by atoms with Crippen LogP contribution in [0.4, 0.5) is 24.7 Å². The van der Waals surface area contributed by atoms with Crippen LogP contribution in [-0.2, 0) is 18.0 Å². The smallest absolute Gasteiger partial charge is 0.363 e. The Labute approximate surface area is 193 Å². The molecule has 4 rings (SSSR count). The zero-order chi connectivity index (χ0) is 24.6. The number of hydrogen-bond acceptors (Lipinski definition) is 6. The van der Waals surface area contributed by atoms with Crippen molar-refractivity contribution < 1.29 is 18.0 Å². The molecular formula is C23H25F3N6O2. The molecule has 1 unspecified atom stereocenters. The highest BCUT2D eigenvalue weighted by molar-refractivity contribution is 5.89. The largest absolute Gasteiger partial charge is 0.416 e. The van der Waals surface area contributed by atoms with Gasteiger partial charge in [0.2, 0.25) is 5.91 Å². The molecule has 180 valence electrons. The Morgan fingerprint density at radius 3 is 2.65 bits per heavy atom. The molecule has 0 saturated carbocycles. The van der Waals surface area contributed by atoms with Crippen LogP contribution in [0, 0.1) is 0 Å². The molecule has 3 aromatic rings. The van der Waals surface area contributed by atoms with Gasteiger partial charge in [0.05, 0.1) is 17.0 Å². The molecule has 0 bridgehead atoms. The summed E-state index contributed by atoms with van der Waals surface area (Å²) in [5, 5.41) is 9.44. The molecule has 2 aromatic heterocycles. The maximum absolute atomic E-state index is 13.5. The minimum absolute atomic E-state index is 0.0527. The maximum atomic E-state index is 13.5. The number of carbonyl (C=O) groups excluding carboxylic acids is 1. The predicted molar refractivity (Wildman–Crippen MR) is 123 cm³/mol. The Morgan fingerprint density at radius 1 is 1.24 bits per heavy atom. The van der Waals surface area contributed by atoms with Crippen LogP contribution in [0.15, 0.2) is 35.4 Å². The number of anilines is 2. The molecule has 1 aromatic carbocycles. The van der Waals surface area contributed by atoms with Crippen LogP contribution in [0.2, 0.25) is 0 Å². The number of alkyl halides is 3. The Bertz CT molecular complexity index is 1300. The molecule has 11 heteroatoms. The lowest BCUT2D eigenvalue weighted by Crippen LogP contribution is -2.25. The Kier molecular flexibility index (Phi) is 6.30. The molecular weight excluding hydrogens is 449 g/mol. The number of amides is 1. The molecule has 1 saturated heterocycles. The normalized spacial score (nSPS) is 17.1. The summed E-state index contributed by atoms with van der Waals surface area (Å²) < 4.78 is 41.9. The fourth-order valence-corrected chi connectivity index (χ4v) is 4.25. The summed E-state index contributed by atoms with van der Waals surface area (Å²) in [4.78, 5) is 32.9. The van der Waals surface area contributed by atoms with Gasteiger partial charge in [0.1, 0.15) is 17.8 Å². The zero-order valence-electron chi connectivity index (χ0n) is 19.0. The van der Waals surface area contributed by atoms with Gasteiger partial charge in [-0.2, -0.15) is 13.2 Å². The van der Waals surface area contributed by atoms with E-state index in [1.54, 1.807) is 20.0 Å². The van der Waals surface area contributed by atoms with E-state index in [4.69, 9.17) is 0 Å². The van der Waals surface area contributed by atoms with Crippen molar-refractivity contribution in [2.75, 3.05) is 23.7 Å². The Hall–Kier alpha value is -3.47. The molecule has 3 N–H and O–H groups in total. The molecule has 1 amide bonds. The Balaban J connectivity index is 1.75. The summed E-state index contributed by atoms with van der Waals surface area (Å²) >= 11 is 0. The van der Waals surface area contributed by atoms with Crippen molar-refractivity contribution in [1.29, 1.82) is 0 Å². The number of aryl methyl sites for hydroxylation is 1. The summed E-state index contributed by atoms with van der Waals surface area (Å²) in [6.45, 7) is 4.45. The van der Waals surface area contributed by atoms with Gasteiger partial charge in [-0.1, -0.05) is 0 Å². The number of hydrogen-bond donors (Lipinski definition) is 3. The minimum atomic E-state index is -4.58. The molecule has 1 aliphatic rings. The van der Waals surface area contributed by atoms with E-state index in [0.29, 0.717) is 34.5 Å². The molecule has 2 atom stereocenters. The number of aromatic nitrogens is 3. The third-order valence-electron chi connectivity index (χ3n) is 5.99. The number of carbonyl (C=O) groups is 1. The van der Waals surface area contributed by atoms with Gasteiger partial charge in [0.15, 0.2) is 0 Å². The molecule has 1 aliphatic heterocycles. The number of benzene rings is 1. The molecule has 3 heterocycles. The second-order valence-corrected chi connectivity index (χ2v) is 8.50. The fraction of sp³-hybridized carbons (Fsp3) is 0.391. The van der Waals surface area contributed by atoms with Crippen LogP contribution < -0.4 is 21.5 Å². The van der Waals surface area contributed by atoms with Crippen LogP contribution in [0.25, 0.3) is 11.0 Å². The van der Waals surface area contributed by atoms with E-state index in [2.05, 4.69) is 25.9 Å². The second kappa shape index (κ2) is 9.05. The van der Waals surface area contributed by atoms with Crippen molar-refractivity contribution in [3.63, 3.8) is 0 Å². The van der Waals surface area contributed by atoms with Crippen molar-refractivity contribution in [3.8, 4) is 0 Å². The molecule has 0 aliphatic carbocycles. The summed E-state index contributed by atoms with van der Waals surface area (Å²) in [5.41, 5.74) is 0.447. The summed E-state index contributed by atoms with van der Waals surface area (Å²) in [6, 6.07) is 4.61. The van der Waals surface area contributed by atoms with E-state index >= 15 is 0 Å². The van der Waals surface area contributed by atoms with Crippen LogP contribution in [0.1, 0.15) is 48.9 Å². The number of nitrogens with zero attached hydrogens (tertiary/aromatic N) is 3. The third-order valence-corrected chi connectivity index (χ3v) is 5.99. The Morgan fingerprint density at radius 2 is 2.00 bits per heavy atom. The molecule has 0 spiro atoms. The van der Waals surface area contributed by atoms with E-state index in [-0.39, 0.29) is 17.2 Å². The number of pyridine rings is 1.